The second kappa shape index (κ2) is 62.7. The van der Waals surface area contributed by atoms with E-state index >= 15 is 0 Å². The highest BCUT2D eigenvalue weighted by atomic mass is 16.7. The monoisotopic (exact) mass is 1310 g/mol. The number of hydrogen-bond acceptors (Lipinski definition) is 13. The summed E-state index contributed by atoms with van der Waals surface area (Å²) in [5, 5.41) is 87.5. The van der Waals surface area contributed by atoms with E-state index in [1.165, 1.54) is 289 Å². The first-order valence-electron chi connectivity index (χ1n) is 39.2. The van der Waals surface area contributed by atoms with Crippen molar-refractivity contribution in [2.75, 3.05) is 19.8 Å². The summed E-state index contributed by atoms with van der Waals surface area (Å²) >= 11 is 0. The first-order chi connectivity index (χ1) is 45.1. The highest BCUT2D eigenvalue weighted by Crippen LogP contribution is 2.30. The maximum Gasteiger partial charge on any atom is 0.220 e. The summed E-state index contributed by atoms with van der Waals surface area (Å²) in [6, 6.07) is -0.913. The van der Waals surface area contributed by atoms with E-state index in [9.17, 15) is 45.6 Å². The Hall–Kier alpha value is -1.79. The molecule has 2 heterocycles. The molecule has 14 heteroatoms. The molecule has 0 aromatic heterocycles. The molecule has 0 aromatic rings. The Balaban J connectivity index is 1.54. The minimum Gasteiger partial charge on any atom is -0.394 e. The molecule has 0 aromatic carbocycles. The zero-order valence-corrected chi connectivity index (χ0v) is 59.3. The molecule has 12 unspecified atom stereocenters. The number of hydrogen-bond donors (Lipinski definition) is 9. The summed E-state index contributed by atoms with van der Waals surface area (Å²) in [4.78, 5) is 13.3. The fourth-order valence-corrected chi connectivity index (χ4v) is 13.1. The lowest BCUT2D eigenvalue weighted by Crippen LogP contribution is -2.65. The van der Waals surface area contributed by atoms with E-state index in [1.54, 1.807) is 6.08 Å². The summed E-state index contributed by atoms with van der Waals surface area (Å²) in [5.41, 5.74) is 0. The van der Waals surface area contributed by atoms with Gasteiger partial charge in [0, 0.05) is 6.42 Å². The van der Waals surface area contributed by atoms with E-state index in [0.29, 0.717) is 6.42 Å². The smallest absolute Gasteiger partial charge is 0.220 e. The number of carbonyl (C=O) groups is 1. The van der Waals surface area contributed by atoms with Gasteiger partial charge < -0.3 is 65.1 Å². The lowest BCUT2D eigenvalue weighted by atomic mass is 9.97. The summed E-state index contributed by atoms with van der Waals surface area (Å²) in [5.74, 6) is -0.232. The average Bonchev–Trinajstić information content (AvgIpc) is 0.856. The topological polar surface area (TPSA) is 228 Å². The van der Waals surface area contributed by atoms with Crippen molar-refractivity contribution < 1.29 is 64.6 Å². The van der Waals surface area contributed by atoms with Gasteiger partial charge in [-0.15, -0.1) is 0 Å². The number of aliphatic hydroxyl groups excluding tert-OH is 8. The van der Waals surface area contributed by atoms with Gasteiger partial charge in [-0.25, -0.2) is 0 Å². The second-order valence-electron chi connectivity index (χ2n) is 27.8. The van der Waals surface area contributed by atoms with Gasteiger partial charge in [0.25, 0.3) is 0 Å². The molecule has 0 bridgehead atoms. The van der Waals surface area contributed by atoms with Gasteiger partial charge in [-0.05, 0) is 51.4 Å². The fourth-order valence-electron chi connectivity index (χ4n) is 13.1. The molecule has 542 valence electrons. The van der Waals surface area contributed by atoms with Gasteiger partial charge in [0.05, 0.1) is 32.0 Å². The number of nitrogens with one attached hydrogen (secondary N) is 1. The maximum atomic E-state index is 13.3. The molecule has 0 radical (unpaired) electrons. The van der Waals surface area contributed by atoms with Crippen molar-refractivity contribution in [3.8, 4) is 0 Å². The highest BCUT2D eigenvalue weighted by molar-refractivity contribution is 5.76. The number of rotatable bonds is 66. The third kappa shape index (κ3) is 45.7. The van der Waals surface area contributed by atoms with Gasteiger partial charge >= 0.3 is 0 Å². The number of allylic oxidation sites excluding steroid dienone is 5. The Kier molecular flexibility index (Phi) is 58.8. The molecular weight excluding hydrogens is 1160 g/mol. The van der Waals surface area contributed by atoms with Crippen LogP contribution in [-0.2, 0) is 23.7 Å². The van der Waals surface area contributed by atoms with E-state index in [-0.39, 0.29) is 18.9 Å². The van der Waals surface area contributed by atoms with Crippen LogP contribution < -0.4 is 5.32 Å². The number of amides is 1. The molecule has 14 nitrogen and oxygen atoms in total. The van der Waals surface area contributed by atoms with Crippen molar-refractivity contribution in [1.82, 2.24) is 5.32 Å². The standard InChI is InChI=1S/C78H147NO13/c1-3-5-7-9-11-13-15-17-19-21-22-23-24-25-26-27-28-29-30-31-32-33-34-35-36-37-38-39-40-41-42-43-44-46-48-50-52-54-56-58-60-62-70(83)79-66(67(82)61-59-57-55-53-51-49-47-45-20-18-16-14-12-10-8-6-4-2)65-89-77-75(88)73(86)76(69(64-81)91-77)92-78-74(87)72(85)71(84)68(63-80)90-78/h15,17,21-22,59,61,66-69,71-78,80-82,84-88H,3-14,16,18-20,23-58,60,62-65H2,1-2H3,(H,79,83)/b17-15-,22-21-,61-59+. The number of ether oxygens (including phenoxy) is 4. The summed E-state index contributed by atoms with van der Waals surface area (Å²) < 4.78 is 22.9. The van der Waals surface area contributed by atoms with Crippen molar-refractivity contribution in [1.29, 1.82) is 0 Å². The minimum absolute atomic E-state index is 0.232. The van der Waals surface area contributed by atoms with Crippen molar-refractivity contribution in [2.45, 2.75) is 434 Å². The zero-order chi connectivity index (χ0) is 66.6. The summed E-state index contributed by atoms with van der Waals surface area (Å²) in [6.45, 7) is 2.84. The van der Waals surface area contributed by atoms with Crippen LogP contribution in [0.4, 0.5) is 0 Å². The third-order valence-electron chi connectivity index (χ3n) is 19.3. The number of carbonyl (C=O) groups excluding carboxylic acids is 1. The molecule has 2 fully saturated rings. The molecule has 0 saturated carbocycles. The Labute approximate surface area is 563 Å². The summed E-state index contributed by atoms with van der Waals surface area (Å²) in [7, 11) is 0. The molecule has 2 aliphatic rings. The van der Waals surface area contributed by atoms with Crippen LogP contribution in [0.1, 0.15) is 361 Å². The second-order valence-corrected chi connectivity index (χ2v) is 27.8. The van der Waals surface area contributed by atoms with Crippen LogP contribution in [0, 0.1) is 0 Å². The number of unbranched alkanes of at least 4 members (excludes halogenated alkanes) is 49. The fraction of sp³-hybridized carbons (Fsp3) is 0.910. The lowest BCUT2D eigenvalue weighted by Gasteiger charge is -2.46. The van der Waals surface area contributed by atoms with E-state index < -0.39 is 86.8 Å². The molecular formula is C78H147NO13. The predicted octanol–water partition coefficient (Wildman–Crippen LogP) is 17.2. The van der Waals surface area contributed by atoms with Crippen LogP contribution in [0.25, 0.3) is 0 Å². The molecule has 1 amide bonds. The first kappa shape index (κ1) is 86.3. The zero-order valence-electron chi connectivity index (χ0n) is 59.3. The molecule has 0 spiro atoms. The Morgan fingerprint density at radius 2 is 0.717 bits per heavy atom. The maximum absolute atomic E-state index is 13.3. The van der Waals surface area contributed by atoms with E-state index in [4.69, 9.17) is 18.9 Å². The first-order valence-corrected chi connectivity index (χ1v) is 39.2. The van der Waals surface area contributed by atoms with Crippen molar-refractivity contribution >= 4 is 5.91 Å². The average molecular weight is 1310 g/mol. The quantitative estimate of drug-likeness (QED) is 0.0204. The molecule has 0 aliphatic carbocycles. The normalized spacial score (nSPS) is 22.8. The summed E-state index contributed by atoms with van der Waals surface area (Å²) in [6.07, 6.45) is 65.3. The Morgan fingerprint density at radius 3 is 1.09 bits per heavy atom. The van der Waals surface area contributed by atoms with Crippen molar-refractivity contribution in [3.63, 3.8) is 0 Å². The van der Waals surface area contributed by atoms with Crippen LogP contribution in [0.15, 0.2) is 36.5 Å². The van der Waals surface area contributed by atoms with Crippen LogP contribution in [0.5, 0.6) is 0 Å². The lowest BCUT2D eigenvalue weighted by molar-refractivity contribution is -0.359. The molecule has 2 rings (SSSR count). The minimum atomic E-state index is -1.79. The van der Waals surface area contributed by atoms with Crippen LogP contribution in [-0.4, -0.2) is 140 Å². The van der Waals surface area contributed by atoms with E-state index in [0.717, 1.165) is 44.9 Å². The molecule has 12 atom stereocenters. The Bertz CT molecular complexity index is 1680. The molecule has 2 saturated heterocycles. The predicted molar refractivity (Wildman–Crippen MR) is 378 cm³/mol. The number of aliphatic hydroxyl groups is 8. The van der Waals surface area contributed by atoms with Gasteiger partial charge in [0.15, 0.2) is 12.6 Å². The van der Waals surface area contributed by atoms with E-state index in [1.807, 2.05) is 6.08 Å². The van der Waals surface area contributed by atoms with Crippen LogP contribution in [0.3, 0.4) is 0 Å². The molecule has 2 aliphatic heterocycles. The molecule has 9 N–H and O–H groups in total. The van der Waals surface area contributed by atoms with Gasteiger partial charge in [-0.1, -0.05) is 339 Å². The van der Waals surface area contributed by atoms with Crippen LogP contribution >= 0.6 is 0 Å². The van der Waals surface area contributed by atoms with Crippen molar-refractivity contribution in [3.05, 3.63) is 36.5 Å². The van der Waals surface area contributed by atoms with Gasteiger partial charge in [0.2, 0.25) is 5.91 Å². The largest absolute Gasteiger partial charge is 0.394 e. The Morgan fingerprint density at radius 1 is 0.391 bits per heavy atom. The SMILES string of the molecule is CCCCCCC/C=C\C/C=C\CCCCCCCCCCCCCCCCCCCCCCCCCCCCCCCC(=O)NC(COC1OC(CO)C(OC2OC(CO)C(O)C(O)C2O)C(O)C1O)C(O)/C=C/CCCCCCCCCCCCCCCCC. The highest BCUT2D eigenvalue weighted by Gasteiger charge is 2.51. The van der Waals surface area contributed by atoms with Gasteiger partial charge in [-0.2, -0.15) is 0 Å². The van der Waals surface area contributed by atoms with Crippen LogP contribution in [0.2, 0.25) is 0 Å². The van der Waals surface area contributed by atoms with Gasteiger partial charge in [-0.3, -0.25) is 4.79 Å². The van der Waals surface area contributed by atoms with Gasteiger partial charge in [0.1, 0.15) is 48.8 Å². The van der Waals surface area contributed by atoms with Crippen molar-refractivity contribution in [2.24, 2.45) is 0 Å². The molecule has 92 heavy (non-hydrogen) atoms. The van der Waals surface area contributed by atoms with E-state index in [2.05, 4.69) is 43.5 Å². The third-order valence-corrected chi connectivity index (χ3v) is 19.3.